The zero-order valence-corrected chi connectivity index (χ0v) is 17.5. The van der Waals surface area contributed by atoms with Crippen LogP contribution in [-0.2, 0) is 25.5 Å². The van der Waals surface area contributed by atoms with E-state index >= 15 is 0 Å². The van der Waals surface area contributed by atoms with Crippen LogP contribution < -0.4 is 10.6 Å². The molecule has 7 nitrogen and oxygen atoms in total. The van der Waals surface area contributed by atoms with Gasteiger partial charge in [0.05, 0.1) is 19.1 Å². The van der Waals surface area contributed by atoms with Crippen LogP contribution in [0.4, 0.5) is 5.69 Å². The van der Waals surface area contributed by atoms with Gasteiger partial charge in [-0.1, -0.05) is 30.3 Å². The number of amides is 2. The lowest BCUT2D eigenvalue weighted by atomic mass is 10.1. The molecule has 2 aromatic carbocycles. The smallest absolute Gasteiger partial charge is 0.306 e. The Morgan fingerprint density at radius 3 is 2.48 bits per heavy atom. The normalized spacial score (nSPS) is 15.3. The second-order valence-electron chi connectivity index (χ2n) is 7.43. The fourth-order valence-corrected chi connectivity index (χ4v) is 3.26. The molecule has 1 fully saturated rings. The Bertz CT molecular complexity index is 861. The second kappa shape index (κ2) is 11.9. The van der Waals surface area contributed by atoms with Gasteiger partial charge >= 0.3 is 5.97 Å². The van der Waals surface area contributed by atoms with E-state index in [0.717, 1.165) is 25.0 Å². The Hall–Kier alpha value is -3.19. The number of rotatable bonds is 10. The fraction of sp³-hybridized carbons (Fsp3) is 0.375. The average molecular weight is 424 g/mol. The molecule has 1 atom stereocenters. The van der Waals surface area contributed by atoms with E-state index in [1.165, 1.54) is 0 Å². The van der Waals surface area contributed by atoms with Gasteiger partial charge in [0.15, 0.2) is 0 Å². The van der Waals surface area contributed by atoms with E-state index in [-0.39, 0.29) is 30.8 Å². The Morgan fingerprint density at radius 2 is 1.77 bits per heavy atom. The molecule has 1 aliphatic rings. The van der Waals surface area contributed by atoms with Crippen LogP contribution in [0.25, 0.3) is 0 Å². The highest BCUT2D eigenvalue weighted by Gasteiger charge is 2.16. The van der Waals surface area contributed by atoms with Crippen molar-refractivity contribution < 1.29 is 23.9 Å². The van der Waals surface area contributed by atoms with Crippen molar-refractivity contribution in [1.82, 2.24) is 5.32 Å². The first-order valence-electron chi connectivity index (χ1n) is 10.6. The number of benzene rings is 2. The molecule has 0 radical (unpaired) electrons. The highest BCUT2D eigenvalue weighted by Crippen LogP contribution is 2.13. The minimum Gasteiger partial charge on any atom is -0.465 e. The molecule has 0 aromatic heterocycles. The molecule has 2 aromatic rings. The van der Waals surface area contributed by atoms with Gasteiger partial charge in [0.1, 0.15) is 0 Å². The van der Waals surface area contributed by atoms with Gasteiger partial charge in [-0.3, -0.25) is 14.4 Å². The third kappa shape index (κ3) is 7.86. The summed E-state index contributed by atoms with van der Waals surface area (Å²) in [5.74, 6) is -0.855. The van der Waals surface area contributed by atoms with Crippen LogP contribution in [0, 0.1) is 0 Å². The molecule has 1 heterocycles. The van der Waals surface area contributed by atoms with Gasteiger partial charge in [-0.2, -0.15) is 0 Å². The van der Waals surface area contributed by atoms with E-state index < -0.39 is 5.97 Å². The van der Waals surface area contributed by atoms with Crippen molar-refractivity contribution in [1.29, 1.82) is 0 Å². The molecular weight excluding hydrogens is 396 g/mol. The van der Waals surface area contributed by atoms with Crippen LogP contribution in [0.5, 0.6) is 0 Å². The standard InChI is InChI=1S/C24H28N2O5/c27-22(12-13-23(28)31-16-14-18-5-2-1-3-6-18)26-20-10-8-19(9-11-20)24(29)25-17-21-7-4-15-30-21/h1-3,5-6,8-11,21H,4,7,12-17H2,(H,25,29)(H,26,27). The van der Waals surface area contributed by atoms with Gasteiger partial charge in [-0.25, -0.2) is 0 Å². The largest absolute Gasteiger partial charge is 0.465 e. The van der Waals surface area contributed by atoms with E-state index in [2.05, 4.69) is 10.6 Å². The van der Waals surface area contributed by atoms with Crippen LogP contribution in [-0.4, -0.2) is 43.6 Å². The molecule has 31 heavy (non-hydrogen) atoms. The van der Waals surface area contributed by atoms with Crippen molar-refractivity contribution in [3.05, 3.63) is 65.7 Å². The van der Waals surface area contributed by atoms with Gasteiger partial charge in [0.25, 0.3) is 5.91 Å². The third-order valence-electron chi connectivity index (χ3n) is 5.00. The van der Waals surface area contributed by atoms with Crippen LogP contribution in [0.3, 0.4) is 0 Å². The summed E-state index contributed by atoms with van der Waals surface area (Å²) in [7, 11) is 0. The first kappa shape index (κ1) is 22.5. The van der Waals surface area contributed by atoms with Crippen LogP contribution in [0.15, 0.2) is 54.6 Å². The van der Waals surface area contributed by atoms with Crippen LogP contribution in [0.2, 0.25) is 0 Å². The molecule has 1 aliphatic heterocycles. The number of hydrogen-bond donors (Lipinski definition) is 2. The van der Waals surface area contributed by atoms with E-state index in [0.29, 0.717) is 30.8 Å². The van der Waals surface area contributed by atoms with Crippen molar-refractivity contribution in [3.63, 3.8) is 0 Å². The molecule has 0 saturated carbocycles. The Labute approximate surface area is 182 Å². The summed E-state index contributed by atoms with van der Waals surface area (Å²) in [5, 5.41) is 5.58. The predicted octanol–water partition coefficient (Wildman–Crippen LogP) is 3.10. The quantitative estimate of drug-likeness (QED) is 0.572. The number of hydrogen-bond acceptors (Lipinski definition) is 5. The predicted molar refractivity (Wildman–Crippen MR) is 117 cm³/mol. The lowest BCUT2D eigenvalue weighted by Crippen LogP contribution is -2.31. The maximum atomic E-state index is 12.2. The summed E-state index contributed by atoms with van der Waals surface area (Å²) in [6, 6.07) is 16.4. The Kier molecular flexibility index (Phi) is 8.60. The van der Waals surface area contributed by atoms with E-state index in [9.17, 15) is 14.4 Å². The zero-order valence-electron chi connectivity index (χ0n) is 17.5. The SMILES string of the molecule is O=C(CCC(=O)OCCc1ccccc1)Nc1ccc(C(=O)NCC2CCCO2)cc1. The van der Waals surface area contributed by atoms with Gasteiger partial charge in [-0.15, -0.1) is 0 Å². The maximum absolute atomic E-state index is 12.2. The average Bonchev–Trinajstić information content (AvgIpc) is 3.31. The number of ether oxygens (including phenoxy) is 2. The number of esters is 1. The Morgan fingerprint density at radius 1 is 1.00 bits per heavy atom. The van der Waals surface area contributed by atoms with Gasteiger partial charge in [0, 0.05) is 37.2 Å². The molecule has 7 heteroatoms. The van der Waals surface area contributed by atoms with Gasteiger partial charge < -0.3 is 20.1 Å². The van der Waals surface area contributed by atoms with Crippen LogP contribution >= 0.6 is 0 Å². The monoisotopic (exact) mass is 424 g/mol. The Balaban J connectivity index is 1.33. The van der Waals surface area contributed by atoms with Crippen molar-refractivity contribution in [3.8, 4) is 0 Å². The van der Waals surface area contributed by atoms with Gasteiger partial charge in [0.2, 0.25) is 5.91 Å². The van der Waals surface area contributed by atoms with Gasteiger partial charge in [-0.05, 0) is 42.7 Å². The summed E-state index contributed by atoms with van der Waals surface area (Å²) in [6.07, 6.45) is 2.78. The van der Waals surface area contributed by atoms with E-state index in [1.807, 2.05) is 30.3 Å². The zero-order chi connectivity index (χ0) is 21.9. The number of carbonyl (C=O) groups excluding carboxylic acids is 3. The molecule has 0 aliphatic carbocycles. The topological polar surface area (TPSA) is 93.7 Å². The van der Waals surface area contributed by atoms with Crippen molar-refractivity contribution >= 4 is 23.5 Å². The molecule has 0 bridgehead atoms. The minimum absolute atomic E-state index is 0.0182. The van der Waals surface area contributed by atoms with E-state index in [4.69, 9.17) is 9.47 Å². The van der Waals surface area contributed by atoms with Crippen LogP contribution in [0.1, 0.15) is 41.6 Å². The lowest BCUT2D eigenvalue weighted by molar-refractivity contribution is -0.144. The summed E-state index contributed by atoms with van der Waals surface area (Å²) in [4.78, 5) is 36.1. The lowest BCUT2D eigenvalue weighted by Gasteiger charge is -2.11. The number of nitrogens with one attached hydrogen (secondary N) is 2. The molecule has 3 rings (SSSR count). The summed E-state index contributed by atoms with van der Waals surface area (Å²) >= 11 is 0. The molecule has 0 spiro atoms. The van der Waals surface area contributed by atoms with E-state index in [1.54, 1.807) is 24.3 Å². The third-order valence-corrected chi connectivity index (χ3v) is 5.00. The first-order chi connectivity index (χ1) is 15.1. The fourth-order valence-electron chi connectivity index (χ4n) is 3.26. The molecule has 164 valence electrons. The summed E-state index contributed by atoms with van der Waals surface area (Å²) in [6.45, 7) is 1.54. The maximum Gasteiger partial charge on any atom is 0.306 e. The molecule has 2 N–H and O–H groups in total. The number of anilines is 1. The summed E-state index contributed by atoms with van der Waals surface area (Å²) in [5.41, 5.74) is 2.17. The number of carbonyl (C=O) groups is 3. The highest BCUT2D eigenvalue weighted by molar-refractivity contribution is 5.96. The molecule has 2 amide bonds. The molecular formula is C24H28N2O5. The van der Waals surface area contributed by atoms with Crippen molar-refractivity contribution in [2.75, 3.05) is 25.1 Å². The highest BCUT2D eigenvalue weighted by atomic mass is 16.5. The molecule has 1 saturated heterocycles. The van der Waals surface area contributed by atoms with Crippen molar-refractivity contribution in [2.45, 2.75) is 38.2 Å². The second-order valence-corrected chi connectivity index (χ2v) is 7.43. The molecule has 1 unspecified atom stereocenters. The van der Waals surface area contributed by atoms with Crippen molar-refractivity contribution in [2.24, 2.45) is 0 Å². The summed E-state index contributed by atoms with van der Waals surface area (Å²) < 4.78 is 10.7. The minimum atomic E-state index is -0.399. The first-order valence-corrected chi connectivity index (χ1v) is 10.6.